The highest BCUT2D eigenvalue weighted by molar-refractivity contribution is 7.90. The SMILES string of the molecule is COc1ccc(-c2c(C3CCCCC3)c3ccc(C(=O)NS(=O)(=O)C(C)C)cc3n2CC(C)(C)C(=O)N2CCC3(CCN(C(=O)OC(C)(C)C)C3)C2)c(C)c1. The lowest BCUT2D eigenvalue weighted by Crippen LogP contribution is -2.43. The summed E-state index contributed by atoms with van der Waals surface area (Å²) in [7, 11) is -2.20. The van der Waals surface area contributed by atoms with E-state index in [2.05, 4.69) is 22.3 Å². The zero-order valence-electron chi connectivity index (χ0n) is 34.2. The molecule has 1 atom stereocenters. The van der Waals surface area contributed by atoms with Crippen molar-refractivity contribution in [1.82, 2.24) is 19.1 Å². The zero-order valence-corrected chi connectivity index (χ0v) is 35.0. The van der Waals surface area contributed by atoms with Crippen LogP contribution in [-0.4, -0.2) is 84.8 Å². The number of nitrogens with zero attached hydrogens (tertiary/aromatic N) is 3. The Morgan fingerprint density at radius 1 is 0.927 bits per heavy atom. The van der Waals surface area contributed by atoms with Gasteiger partial charge in [0.2, 0.25) is 15.9 Å². The molecule has 1 spiro atoms. The average molecular weight is 777 g/mol. The number of sulfonamides is 1. The van der Waals surface area contributed by atoms with Gasteiger partial charge in [-0.25, -0.2) is 17.9 Å². The maximum atomic E-state index is 14.7. The molecule has 1 aromatic heterocycles. The Balaban J connectivity index is 1.41. The largest absolute Gasteiger partial charge is 0.497 e. The van der Waals surface area contributed by atoms with Gasteiger partial charge in [-0.05, 0) is 128 Å². The minimum Gasteiger partial charge on any atom is -0.497 e. The summed E-state index contributed by atoms with van der Waals surface area (Å²) in [4.78, 5) is 44.9. The number of aromatic nitrogens is 1. The second-order valence-electron chi connectivity index (χ2n) is 18.1. The number of fused-ring (bicyclic) bond motifs is 1. The molecule has 3 heterocycles. The molecule has 12 heteroatoms. The van der Waals surface area contributed by atoms with Crippen molar-refractivity contribution in [3.05, 3.63) is 53.1 Å². The first-order valence-corrected chi connectivity index (χ1v) is 21.4. The molecular formula is C43H60N4O7S. The Hall–Kier alpha value is -4.06. The molecule has 2 aromatic carbocycles. The summed E-state index contributed by atoms with van der Waals surface area (Å²) in [5.74, 6) is 0.390. The quantitative estimate of drug-likeness (QED) is 0.233. The minimum atomic E-state index is -3.86. The number of benzene rings is 2. The monoisotopic (exact) mass is 776 g/mol. The fourth-order valence-corrected chi connectivity index (χ4v) is 9.47. The lowest BCUT2D eigenvalue weighted by molar-refractivity contribution is -0.140. The van der Waals surface area contributed by atoms with Gasteiger partial charge in [-0.15, -0.1) is 0 Å². The van der Waals surface area contributed by atoms with Gasteiger partial charge in [0.25, 0.3) is 5.91 Å². The molecule has 2 aliphatic heterocycles. The molecule has 3 aromatic rings. The maximum absolute atomic E-state index is 14.7. The zero-order chi connectivity index (χ0) is 40.1. The van der Waals surface area contributed by atoms with Gasteiger partial charge < -0.3 is 23.8 Å². The van der Waals surface area contributed by atoms with Crippen molar-refractivity contribution in [2.24, 2.45) is 10.8 Å². The third-order valence-corrected chi connectivity index (χ3v) is 13.6. The molecule has 1 saturated carbocycles. The van der Waals surface area contributed by atoms with Gasteiger partial charge in [-0.3, -0.25) is 9.59 Å². The molecule has 1 aliphatic carbocycles. The number of hydrogen-bond acceptors (Lipinski definition) is 7. The number of ether oxygens (including phenoxy) is 2. The summed E-state index contributed by atoms with van der Waals surface area (Å²) in [6.07, 6.45) is 6.84. The number of amides is 3. The third-order valence-electron chi connectivity index (χ3n) is 11.9. The van der Waals surface area contributed by atoms with Crippen molar-refractivity contribution in [3.63, 3.8) is 0 Å². The highest BCUT2D eigenvalue weighted by Gasteiger charge is 2.48. The lowest BCUT2D eigenvalue weighted by Gasteiger charge is -2.32. The van der Waals surface area contributed by atoms with Crippen LogP contribution in [0.15, 0.2) is 36.4 Å². The number of methoxy groups -OCH3 is 1. The second kappa shape index (κ2) is 15.1. The van der Waals surface area contributed by atoms with E-state index in [1.54, 1.807) is 24.1 Å². The first kappa shape index (κ1) is 40.6. The van der Waals surface area contributed by atoms with E-state index < -0.39 is 32.2 Å². The summed E-state index contributed by atoms with van der Waals surface area (Å²) in [6, 6.07) is 11.6. The van der Waals surface area contributed by atoms with Crippen LogP contribution in [-0.2, 0) is 26.1 Å². The molecule has 55 heavy (non-hydrogen) atoms. The molecule has 300 valence electrons. The van der Waals surface area contributed by atoms with Crippen molar-refractivity contribution >= 4 is 38.8 Å². The Labute approximate surface area is 327 Å². The van der Waals surface area contributed by atoms with Gasteiger partial charge in [-0.2, -0.15) is 0 Å². The number of hydrogen-bond donors (Lipinski definition) is 1. The van der Waals surface area contributed by atoms with E-state index in [1.807, 2.05) is 57.7 Å². The summed E-state index contributed by atoms with van der Waals surface area (Å²) < 4.78 is 41.2. The Kier molecular flexibility index (Phi) is 11.2. The summed E-state index contributed by atoms with van der Waals surface area (Å²) >= 11 is 0. The summed E-state index contributed by atoms with van der Waals surface area (Å²) in [5.41, 5.74) is 3.73. The van der Waals surface area contributed by atoms with Gasteiger partial charge in [-0.1, -0.05) is 25.3 Å². The van der Waals surface area contributed by atoms with Crippen LogP contribution in [0.5, 0.6) is 5.75 Å². The Morgan fingerprint density at radius 3 is 2.20 bits per heavy atom. The minimum absolute atomic E-state index is 0.0375. The second-order valence-corrected chi connectivity index (χ2v) is 20.4. The standard InChI is InChI=1S/C43H60N4O7S/c1-28(2)55(51,52)44-38(48)31-15-17-34-35(24-31)47(37(36(34)30-13-11-10-12-14-30)33-18-16-32(53-9)23-29(33)3)25-42(7,8)39(49)45-21-19-43(26-45)20-22-46(27-43)40(50)54-41(4,5)6/h15-18,23-24,28,30H,10-14,19-22,25-27H2,1-9H3,(H,44,48). The smallest absolute Gasteiger partial charge is 0.410 e. The first-order valence-electron chi connectivity index (χ1n) is 19.9. The van der Waals surface area contributed by atoms with Gasteiger partial charge in [0.15, 0.2) is 0 Å². The molecule has 1 unspecified atom stereocenters. The van der Waals surface area contributed by atoms with E-state index in [4.69, 9.17) is 9.47 Å². The van der Waals surface area contributed by atoms with Crippen molar-refractivity contribution in [1.29, 1.82) is 0 Å². The van der Waals surface area contributed by atoms with E-state index in [1.165, 1.54) is 25.8 Å². The first-order chi connectivity index (χ1) is 25.7. The van der Waals surface area contributed by atoms with Crippen molar-refractivity contribution in [2.75, 3.05) is 33.3 Å². The van der Waals surface area contributed by atoms with Gasteiger partial charge in [0, 0.05) is 60.2 Å². The number of rotatable bonds is 9. The van der Waals surface area contributed by atoms with Crippen LogP contribution in [0.3, 0.4) is 0 Å². The fraction of sp³-hybridized carbons (Fsp3) is 0.605. The van der Waals surface area contributed by atoms with E-state index in [0.717, 1.165) is 72.0 Å². The number of carbonyl (C=O) groups excluding carboxylic acids is 3. The van der Waals surface area contributed by atoms with Crippen molar-refractivity contribution < 1.29 is 32.3 Å². The predicted molar refractivity (Wildman–Crippen MR) is 216 cm³/mol. The Morgan fingerprint density at radius 2 is 1.58 bits per heavy atom. The van der Waals surface area contributed by atoms with Crippen LogP contribution in [0.25, 0.3) is 22.2 Å². The number of nitrogens with one attached hydrogen (secondary N) is 1. The number of likely N-dealkylation sites (tertiary alicyclic amines) is 2. The van der Waals surface area contributed by atoms with Crippen LogP contribution in [0.4, 0.5) is 4.79 Å². The normalized spacial score (nSPS) is 19.8. The van der Waals surface area contributed by atoms with Crippen molar-refractivity contribution in [3.8, 4) is 17.0 Å². The van der Waals surface area contributed by atoms with Crippen LogP contribution in [0.2, 0.25) is 0 Å². The van der Waals surface area contributed by atoms with Crippen molar-refractivity contribution in [2.45, 2.75) is 124 Å². The molecule has 3 amide bonds. The molecule has 6 rings (SSSR count). The molecule has 3 fully saturated rings. The van der Waals surface area contributed by atoms with E-state index in [-0.39, 0.29) is 28.9 Å². The molecule has 3 aliphatic rings. The van der Waals surface area contributed by atoms with Crippen LogP contribution < -0.4 is 9.46 Å². The van der Waals surface area contributed by atoms with Gasteiger partial charge in [0.1, 0.15) is 11.4 Å². The lowest BCUT2D eigenvalue weighted by atomic mass is 9.81. The third kappa shape index (κ3) is 8.39. The van der Waals surface area contributed by atoms with E-state index in [9.17, 15) is 22.8 Å². The van der Waals surface area contributed by atoms with Crippen LogP contribution in [0, 0.1) is 17.8 Å². The maximum Gasteiger partial charge on any atom is 0.410 e. The predicted octanol–water partition coefficient (Wildman–Crippen LogP) is 8.03. The number of aryl methyl sites for hydroxylation is 1. The van der Waals surface area contributed by atoms with Gasteiger partial charge in [0.05, 0.1) is 23.5 Å². The van der Waals surface area contributed by atoms with E-state index >= 15 is 0 Å². The molecule has 0 radical (unpaired) electrons. The molecular weight excluding hydrogens is 717 g/mol. The van der Waals surface area contributed by atoms with Crippen LogP contribution in [0.1, 0.15) is 121 Å². The fourth-order valence-electron chi connectivity index (χ4n) is 8.86. The topological polar surface area (TPSA) is 127 Å². The Bertz CT molecular complexity index is 2070. The molecule has 11 nitrogen and oxygen atoms in total. The highest BCUT2D eigenvalue weighted by atomic mass is 32.2. The van der Waals surface area contributed by atoms with E-state index in [0.29, 0.717) is 32.7 Å². The summed E-state index contributed by atoms with van der Waals surface area (Å²) in [6.45, 7) is 17.4. The molecule has 2 saturated heterocycles. The van der Waals surface area contributed by atoms with Crippen LogP contribution >= 0.6 is 0 Å². The number of carbonyl (C=O) groups is 3. The summed E-state index contributed by atoms with van der Waals surface area (Å²) in [5, 5.41) is 0.240. The molecule has 1 N–H and O–H groups in total. The average Bonchev–Trinajstić information content (AvgIpc) is 3.82. The van der Waals surface area contributed by atoms with Gasteiger partial charge >= 0.3 is 6.09 Å². The highest BCUT2D eigenvalue weighted by Crippen LogP contribution is 2.47. The molecule has 0 bridgehead atoms.